The van der Waals surface area contributed by atoms with Crippen LogP contribution in [0.15, 0.2) is 47.2 Å². The first-order valence-electron chi connectivity index (χ1n) is 6.74. The molecule has 0 saturated carbocycles. The maximum atomic E-state index is 5.81. The van der Waals surface area contributed by atoms with Gasteiger partial charge in [0, 0.05) is 23.2 Å². The minimum Gasteiger partial charge on any atom is -0.389 e. The van der Waals surface area contributed by atoms with Gasteiger partial charge in [0.25, 0.3) is 0 Å². The molecule has 3 N–H and O–H groups in total. The normalized spacial score (nSPS) is 10.7. The summed E-state index contributed by atoms with van der Waals surface area (Å²) in [6.45, 7) is 2.97. The molecule has 3 aromatic rings. The number of anilines is 1. The van der Waals surface area contributed by atoms with Crippen LogP contribution in [0.25, 0.3) is 10.8 Å². The van der Waals surface area contributed by atoms with Gasteiger partial charge in [0.1, 0.15) is 4.99 Å². The fourth-order valence-corrected chi connectivity index (χ4v) is 3.46. The van der Waals surface area contributed by atoms with Crippen LogP contribution in [0.5, 0.6) is 0 Å². The molecule has 0 atom stereocenters. The predicted molar refractivity (Wildman–Crippen MR) is 96.2 cm³/mol. The minimum atomic E-state index is 0.437. The minimum absolute atomic E-state index is 0.437. The third-order valence-corrected chi connectivity index (χ3v) is 4.75. The van der Waals surface area contributed by atoms with Crippen molar-refractivity contribution >= 4 is 45.0 Å². The second kappa shape index (κ2) is 5.84. The van der Waals surface area contributed by atoms with Crippen molar-refractivity contribution in [1.82, 2.24) is 0 Å². The average Bonchev–Trinajstić information content (AvgIpc) is 2.89. The van der Waals surface area contributed by atoms with Gasteiger partial charge in [0.05, 0.1) is 0 Å². The highest BCUT2D eigenvalue weighted by atomic mass is 32.1. The van der Waals surface area contributed by atoms with E-state index in [2.05, 4.69) is 41.2 Å². The Morgan fingerprint density at radius 3 is 2.57 bits per heavy atom. The zero-order valence-electron chi connectivity index (χ0n) is 11.7. The second-order valence-electron chi connectivity index (χ2n) is 5.00. The van der Waals surface area contributed by atoms with Gasteiger partial charge in [-0.1, -0.05) is 36.5 Å². The molecule has 2 aromatic carbocycles. The summed E-state index contributed by atoms with van der Waals surface area (Å²) in [5.74, 6) is 0. The van der Waals surface area contributed by atoms with Crippen molar-refractivity contribution in [3.05, 3.63) is 63.8 Å². The second-order valence-corrected chi connectivity index (χ2v) is 6.19. The number of hydrogen-bond donors (Lipinski definition) is 2. The van der Waals surface area contributed by atoms with Crippen molar-refractivity contribution in [3.63, 3.8) is 0 Å². The van der Waals surface area contributed by atoms with Gasteiger partial charge in [-0.15, -0.1) is 0 Å². The van der Waals surface area contributed by atoms with Gasteiger partial charge < -0.3 is 11.1 Å². The molecule has 1 aromatic heterocycles. The molecule has 3 rings (SSSR count). The van der Waals surface area contributed by atoms with Crippen molar-refractivity contribution < 1.29 is 0 Å². The van der Waals surface area contributed by atoms with Crippen molar-refractivity contribution in [2.45, 2.75) is 13.5 Å². The molecule has 21 heavy (non-hydrogen) atoms. The summed E-state index contributed by atoms with van der Waals surface area (Å²) in [4.78, 5) is 0.437. The number of hydrogen-bond acceptors (Lipinski definition) is 3. The van der Waals surface area contributed by atoms with Gasteiger partial charge in [-0.2, -0.15) is 11.3 Å². The Morgan fingerprint density at radius 1 is 1.14 bits per heavy atom. The van der Waals surface area contributed by atoms with E-state index >= 15 is 0 Å². The summed E-state index contributed by atoms with van der Waals surface area (Å²) in [5.41, 5.74) is 10.5. The van der Waals surface area contributed by atoms with Crippen molar-refractivity contribution in [2.24, 2.45) is 5.73 Å². The SMILES string of the molecule is Cc1cscc1CNc1ccc(C(N)=S)c2ccccc12. The van der Waals surface area contributed by atoms with Crippen LogP contribution in [0, 0.1) is 6.92 Å². The van der Waals surface area contributed by atoms with E-state index in [-0.39, 0.29) is 0 Å². The summed E-state index contributed by atoms with van der Waals surface area (Å²) in [6.07, 6.45) is 0. The maximum absolute atomic E-state index is 5.81. The van der Waals surface area contributed by atoms with E-state index < -0.39 is 0 Å². The fraction of sp³-hybridized carbons (Fsp3) is 0.118. The van der Waals surface area contributed by atoms with Gasteiger partial charge in [0.15, 0.2) is 0 Å². The van der Waals surface area contributed by atoms with Crippen LogP contribution in [0.3, 0.4) is 0 Å². The molecule has 0 spiro atoms. The van der Waals surface area contributed by atoms with Crippen LogP contribution in [-0.2, 0) is 6.54 Å². The third kappa shape index (κ3) is 2.77. The average molecular weight is 312 g/mol. The van der Waals surface area contributed by atoms with Gasteiger partial charge in [-0.05, 0) is 46.3 Å². The van der Waals surface area contributed by atoms with Crippen LogP contribution in [0.4, 0.5) is 5.69 Å². The first-order chi connectivity index (χ1) is 10.2. The first-order valence-corrected chi connectivity index (χ1v) is 8.09. The molecule has 106 valence electrons. The van der Waals surface area contributed by atoms with Gasteiger partial charge in [0.2, 0.25) is 0 Å². The lowest BCUT2D eigenvalue weighted by Crippen LogP contribution is -2.10. The Hall–Kier alpha value is -1.91. The Labute approximate surface area is 133 Å². The van der Waals surface area contributed by atoms with Crippen LogP contribution >= 0.6 is 23.6 Å². The van der Waals surface area contributed by atoms with Gasteiger partial charge in [-0.3, -0.25) is 0 Å². The molecular weight excluding hydrogens is 296 g/mol. The number of rotatable bonds is 4. The summed E-state index contributed by atoms with van der Waals surface area (Å²) in [7, 11) is 0. The summed E-state index contributed by atoms with van der Waals surface area (Å²) >= 11 is 6.88. The Bertz CT molecular complexity index is 805. The molecule has 1 heterocycles. The van der Waals surface area contributed by atoms with Crippen LogP contribution < -0.4 is 11.1 Å². The van der Waals surface area contributed by atoms with E-state index in [4.69, 9.17) is 18.0 Å². The standard InChI is InChI=1S/C17H16N2S2/c1-11-9-21-10-12(11)8-19-16-7-6-15(17(18)20)13-4-2-3-5-14(13)16/h2-7,9-10,19H,8H2,1H3,(H2,18,20). The summed E-state index contributed by atoms with van der Waals surface area (Å²) < 4.78 is 0. The van der Waals surface area contributed by atoms with E-state index in [1.165, 1.54) is 11.1 Å². The molecule has 0 bridgehead atoms. The molecule has 2 nitrogen and oxygen atoms in total. The molecule has 0 aliphatic heterocycles. The number of nitrogens with one attached hydrogen (secondary N) is 1. The summed E-state index contributed by atoms with van der Waals surface area (Å²) in [6, 6.07) is 12.3. The van der Waals surface area contributed by atoms with Crippen molar-refractivity contribution in [3.8, 4) is 0 Å². The molecule has 0 amide bonds. The zero-order valence-corrected chi connectivity index (χ0v) is 13.4. The predicted octanol–water partition coefficient (Wildman–Crippen LogP) is 4.46. The fourth-order valence-electron chi connectivity index (χ4n) is 2.43. The largest absolute Gasteiger partial charge is 0.389 e. The van der Waals surface area contributed by atoms with Crippen LogP contribution in [0.1, 0.15) is 16.7 Å². The first kappa shape index (κ1) is 14.0. The highest BCUT2D eigenvalue weighted by Crippen LogP contribution is 2.27. The number of nitrogens with two attached hydrogens (primary N) is 1. The number of fused-ring (bicyclic) bond motifs is 1. The smallest absolute Gasteiger partial charge is 0.104 e. The lowest BCUT2D eigenvalue weighted by atomic mass is 10.0. The van der Waals surface area contributed by atoms with Gasteiger partial charge in [-0.25, -0.2) is 0 Å². The van der Waals surface area contributed by atoms with E-state index in [1.807, 2.05) is 18.2 Å². The highest BCUT2D eigenvalue weighted by Gasteiger charge is 2.08. The van der Waals surface area contributed by atoms with Crippen LogP contribution in [0.2, 0.25) is 0 Å². The van der Waals surface area contributed by atoms with E-state index in [0.717, 1.165) is 28.6 Å². The number of thiocarbonyl (C=S) groups is 1. The van der Waals surface area contributed by atoms with E-state index in [1.54, 1.807) is 11.3 Å². The maximum Gasteiger partial charge on any atom is 0.104 e. The highest BCUT2D eigenvalue weighted by molar-refractivity contribution is 7.80. The molecule has 0 unspecified atom stereocenters. The van der Waals surface area contributed by atoms with Gasteiger partial charge >= 0.3 is 0 Å². The molecule has 0 radical (unpaired) electrons. The third-order valence-electron chi connectivity index (χ3n) is 3.62. The van der Waals surface area contributed by atoms with Crippen molar-refractivity contribution in [2.75, 3.05) is 5.32 Å². The Morgan fingerprint density at radius 2 is 1.90 bits per heavy atom. The van der Waals surface area contributed by atoms with E-state index in [0.29, 0.717) is 4.99 Å². The molecular formula is C17H16N2S2. The molecule has 0 aliphatic rings. The summed E-state index contributed by atoms with van der Waals surface area (Å²) in [5, 5.41) is 10.1. The monoisotopic (exact) mass is 312 g/mol. The van der Waals surface area contributed by atoms with E-state index in [9.17, 15) is 0 Å². The number of benzene rings is 2. The molecule has 0 aliphatic carbocycles. The number of aryl methyl sites for hydroxylation is 1. The topological polar surface area (TPSA) is 38.0 Å². The van der Waals surface area contributed by atoms with Crippen molar-refractivity contribution in [1.29, 1.82) is 0 Å². The lowest BCUT2D eigenvalue weighted by molar-refractivity contribution is 1.14. The zero-order chi connectivity index (χ0) is 14.8. The quantitative estimate of drug-likeness (QED) is 0.699. The number of thiophene rings is 1. The lowest BCUT2D eigenvalue weighted by Gasteiger charge is -2.12. The molecule has 0 fully saturated rings. The Kier molecular flexibility index (Phi) is 3.90. The molecule has 0 saturated heterocycles. The molecule has 4 heteroatoms. The van der Waals surface area contributed by atoms with Crippen LogP contribution in [-0.4, -0.2) is 4.99 Å². The Balaban J connectivity index is 1.98.